The van der Waals surface area contributed by atoms with E-state index in [1.54, 1.807) is 0 Å². The average molecular weight is 146 g/mol. The zero-order chi connectivity index (χ0) is 7.72. The predicted molar refractivity (Wildman–Crippen MR) is 36.6 cm³/mol. The van der Waals surface area contributed by atoms with Crippen LogP contribution in [-0.4, -0.2) is 35.1 Å². The third-order valence-electron chi connectivity index (χ3n) is 2.23. The zero-order valence-electron chi connectivity index (χ0n) is 6.32. The van der Waals surface area contributed by atoms with E-state index in [-0.39, 0.29) is 24.7 Å². The van der Waals surface area contributed by atoms with Crippen molar-refractivity contribution in [3.8, 4) is 0 Å². The molecule has 60 valence electrons. The Bertz CT molecular complexity index is 115. The minimum absolute atomic E-state index is 0.0622. The average Bonchev–Trinajstić information content (AvgIpc) is 2.17. The van der Waals surface area contributed by atoms with Crippen molar-refractivity contribution in [2.45, 2.75) is 32.2 Å². The summed E-state index contributed by atoms with van der Waals surface area (Å²) in [6, 6.07) is 0. The summed E-state index contributed by atoms with van der Waals surface area (Å²) in [5.41, 5.74) is 0. The van der Waals surface area contributed by atoms with Crippen molar-refractivity contribution in [3.05, 3.63) is 0 Å². The van der Waals surface area contributed by atoms with Crippen molar-refractivity contribution in [1.82, 2.24) is 0 Å². The molecule has 0 spiro atoms. The summed E-state index contributed by atoms with van der Waals surface area (Å²) >= 11 is 0. The Morgan fingerprint density at radius 2 is 2.00 bits per heavy atom. The quantitative estimate of drug-likeness (QED) is 0.537. The van der Waals surface area contributed by atoms with Gasteiger partial charge in [-0.25, -0.2) is 0 Å². The highest BCUT2D eigenvalue weighted by atomic mass is 16.5. The van der Waals surface area contributed by atoms with Gasteiger partial charge in [0.15, 0.2) is 0 Å². The Labute approximate surface area is 60.6 Å². The minimum atomic E-state index is -0.500. The van der Waals surface area contributed by atoms with Crippen LogP contribution in [0.15, 0.2) is 0 Å². The number of hydrogen-bond donors (Lipinski definition) is 2. The van der Waals surface area contributed by atoms with Gasteiger partial charge < -0.3 is 14.9 Å². The van der Waals surface area contributed by atoms with E-state index in [9.17, 15) is 5.11 Å². The molecule has 3 heteroatoms. The lowest BCUT2D eigenvalue weighted by Crippen LogP contribution is -2.28. The Balaban J connectivity index is 2.53. The molecule has 1 heterocycles. The smallest absolute Gasteiger partial charge is 0.107 e. The first-order valence-corrected chi connectivity index (χ1v) is 3.61. The van der Waals surface area contributed by atoms with Crippen molar-refractivity contribution in [3.63, 3.8) is 0 Å². The maximum absolute atomic E-state index is 9.34. The Morgan fingerprint density at radius 3 is 2.20 bits per heavy atom. The summed E-state index contributed by atoms with van der Waals surface area (Å²) in [4.78, 5) is 0. The second kappa shape index (κ2) is 2.86. The van der Waals surface area contributed by atoms with Crippen LogP contribution in [0.3, 0.4) is 0 Å². The molecule has 1 aliphatic rings. The lowest BCUT2D eigenvalue weighted by atomic mass is 10.00. The molecule has 0 amide bonds. The summed E-state index contributed by atoms with van der Waals surface area (Å²) in [6.07, 6.45) is -0.808. The van der Waals surface area contributed by atoms with Crippen molar-refractivity contribution in [2.24, 2.45) is 5.92 Å². The molecule has 1 unspecified atom stereocenters. The molecule has 0 aromatic carbocycles. The second-order valence-corrected chi connectivity index (χ2v) is 2.91. The van der Waals surface area contributed by atoms with Crippen LogP contribution < -0.4 is 0 Å². The van der Waals surface area contributed by atoms with E-state index >= 15 is 0 Å². The Hall–Kier alpha value is -0.120. The molecule has 1 aliphatic heterocycles. The van der Waals surface area contributed by atoms with Gasteiger partial charge in [0.2, 0.25) is 0 Å². The highest BCUT2D eigenvalue weighted by Crippen LogP contribution is 2.25. The van der Waals surface area contributed by atoms with Crippen LogP contribution >= 0.6 is 0 Å². The maximum atomic E-state index is 9.34. The maximum Gasteiger partial charge on any atom is 0.107 e. The third-order valence-corrected chi connectivity index (χ3v) is 2.23. The van der Waals surface area contributed by atoms with Gasteiger partial charge in [-0.1, -0.05) is 6.92 Å². The lowest BCUT2D eigenvalue weighted by molar-refractivity contribution is -0.0170. The first-order valence-electron chi connectivity index (χ1n) is 3.61. The molecule has 0 bridgehead atoms. The van der Waals surface area contributed by atoms with Crippen molar-refractivity contribution in [1.29, 1.82) is 0 Å². The first kappa shape index (κ1) is 7.98. The van der Waals surface area contributed by atoms with Gasteiger partial charge in [0, 0.05) is 5.92 Å². The van der Waals surface area contributed by atoms with Gasteiger partial charge in [0.25, 0.3) is 0 Å². The molecule has 0 aromatic rings. The van der Waals surface area contributed by atoms with Crippen molar-refractivity contribution in [2.75, 3.05) is 6.61 Å². The normalized spacial score (nSPS) is 48.0. The molecule has 1 fully saturated rings. The van der Waals surface area contributed by atoms with E-state index in [1.807, 2.05) is 13.8 Å². The summed E-state index contributed by atoms with van der Waals surface area (Å²) < 4.78 is 5.23. The summed E-state index contributed by atoms with van der Waals surface area (Å²) in [6.45, 7) is 3.74. The van der Waals surface area contributed by atoms with E-state index < -0.39 is 6.10 Å². The van der Waals surface area contributed by atoms with Crippen LogP contribution in [0.25, 0.3) is 0 Å². The number of ether oxygens (including phenoxy) is 1. The summed E-state index contributed by atoms with van der Waals surface area (Å²) in [5.74, 6) is 0.136. The molecule has 1 rings (SSSR count). The predicted octanol–water partition coefficient (Wildman–Crippen LogP) is -0.237. The van der Waals surface area contributed by atoms with Gasteiger partial charge in [-0.3, -0.25) is 0 Å². The van der Waals surface area contributed by atoms with Gasteiger partial charge in [-0.15, -0.1) is 0 Å². The Kier molecular flexibility index (Phi) is 2.28. The summed E-state index contributed by atoms with van der Waals surface area (Å²) in [7, 11) is 0. The van der Waals surface area contributed by atoms with E-state index in [4.69, 9.17) is 9.84 Å². The number of rotatable bonds is 1. The minimum Gasteiger partial charge on any atom is -0.394 e. The standard InChI is InChI=1S/C7H14O3/c1-4-5(2)10-6(3-8)7(4)9/h4-9H,3H2,1-2H3/t4-,5+,6-,7?/m1/s1. The molecule has 0 aliphatic carbocycles. The molecule has 3 nitrogen and oxygen atoms in total. The number of aliphatic hydroxyl groups excluding tert-OH is 2. The molecule has 0 saturated carbocycles. The molecule has 10 heavy (non-hydrogen) atoms. The van der Waals surface area contributed by atoms with Gasteiger partial charge in [-0.05, 0) is 6.92 Å². The SMILES string of the molecule is C[C@@H]1O[C@H](CO)C(O)[C@@H]1C. The zero-order valence-corrected chi connectivity index (χ0v) is 6.32. The van der Waals surface area contributed by atoms with Gasteiger partial charge in [-0.2, -0.15) is 0 Å². The van der Waals surface area contributed by atoms with Crippen LogP contribution in [0.4, 0.5) is 0 Å². The van der Waals surface area contributed by atoms with Gasteiger partial charge in [0.1, 0.15) is 6.10 Å². The molecular weight excluding hydrogens is 132 g/mol. The molecule has 0 radical (unpaired) electrons. The van der Waals surface area contributed by atoms with E-state index in [0.29, 0.717) is 0 Å². The Morgan fingerprint density at radius 1 is 1.40 bits per heavy atom. The highest BCUT2D eigenvalue weighted by molar-refractivity contribution is 4.85. The number of aliphatic hydroxyl groups is 2. The van der Waals surface area contributed by atoms with Gasteiger partial charge in [0.05, 0.1) is 18.8 Å². The largest absolute Gasteiger partial charge is 0.394 e. The molecule has 2 N–H and O–H groups in total. The molecule has 1 saturated heterocycles. The van der Waals surface area contributed by atoms with Crippen molar-refractivity contribution >= 4 is 0 Å². The van der Waals surface area contributed by atoms with Crippen LogP contribution in [0.5, 0.6) is 0 Å². The summed E-state index contributed by atoms with van der Waals surface area (Å²) in [5, 5.41) is 18.0. The molecular formula is C7H14O3. The van der Waals surface area contributed by atoms with Crippen molar-refractivity contribution < 1.29 is 14.9 Å². The van der Waals surface area contributed by atoms with Gasteiger partial charge >= 0.3 is 0 Å². The third kappa shape index (κ3) is 1.17. The fourth-order valence-corrected chi connectivity index (χ4v) is 1.25. The van der Waals surface area contributed by atoms with Crippen LogP contribution in [-0.2, 0) is 4.74 Å². The lowest BCUT2D eigenvalue weighted by Gasteiger charge is -2.11. The fraction of sp³-hybridized carbons (Fsp3) is 1.00. The molecule has 4 atom stereocenters. The second-order valence-electron chi connectivity index (χ2n) is 2.91. The van der Waals surface area contributed by atoms with Crippen LogP contribution in [0.2, 0.25) is 0 Å². The van der Waals surface area contributed by atoms with Crippen LogP contribution in [0, 0.1) is 5.92 Å². The number of hydrogen-bond acceptors (Lipinski definition) is 3. The highest BCUT2D eigenvalue weighted by Gasteiger charge is 2.37. The van der Waals surface area contributed by atoms with E-state index in [1.165, 1.54) is 0 Å². The van der Waals surface area contributed by atoms with E-state index in [2.05, 4.69) is 0 Å². The topological polar surface area (TPSA) is 49.7 Å². The fourth-order valence-electron chi connectivity index (χ4n) is 1.25. The van der Waals surface area contributed by atoms with E-state index in [0.717, 1.165) is 0 Å². The molecule has 0 aromatic heterocycles. The van der Waals surface area contributed by atoms with Crippen LogP contribution in [0.1, 0.15) is 13.8 Å². The monoisotopic (exact) mass is 146 g/mol. The first-order chi connectivity index (χ1) is 4.66.